The van der Waals surface area contributed by atoms with Gasteiger partial charge in [-0.25, -0.2) is 0 Å². The predicted molar refractivity (Wildman–Crippen MR) is 41.6 cm³/mol. The first-order valence-corrected chi connectivity index (χ1v) is 4.00. The molecule has 0 amide bonds. The molecule has 1 rings (SSSR count). The molecule has 1 aromatic rings. The van der Waals surface area contributed by atoms with Crippen molar-refractivity contribution < 1.29 is 33.9 Å². The topological polar surface area (TPSA) is 57.5 Å². The number of para-hydroxylation sites is 1. The molecule has 0 aromatic heterocycles. The summed E-state index contributed by atoms with van der Waals surface area (Å²) in [4.78, 5) is 0. The number of phenolic OH excluding ortho intramolecular Hbond substituents is 1. The van der Waals surface area contributed by atoms with Crippen LogP contribution in [0, 0.1) is 0 Å². The minimum atomic E-state index is 0.250. The van der Waals surface area contributed by atoms with E-state index < -0.39 is 0 Å². The maximum atomic E-state index is 8.63. The summed E-state index contributed by atoms with van der Waals surface area (Å²) >= 11 is 0.750. The number of benzene rings is 1. The zero-order valence-electron chi connectivity index (χ0n) is 6.90. The number of aromatic hydroxyl groups is 1. The predicted octanol–water partition coefficient (Wildman–Crippen LogP) is 1.27. The van der Waals surface area contributed by atoms with Crippen molar-refractivity contribution in [3.8, 4) is 5.75 Å². The summed E-state index contributed by atoms with van der Waals surface area (Å²) < 4.78 is 8.25. The van der Waals surface area contributed by atoms with E-state index >= 15 is 0 Å². The Morgan fingerprint density at radius 3 is 1.75 bits per heavy atom. The van der Waals surface area contributed by atoms with E-state index in [9.17, 15) is 0 Å². The van der Waals surface area contributed by atoms with Crippen LogP contribution in [-0.4, -0.2) is 16.8 Å². The monoisotopic (exact) mass is 204 g/mol. The fourth-order valence-corrected chi connectivity index (χ4v) is 0.428. The molecular weight excluding hydrogens is 192 g/mol. The molecule has 0 aliphatic heterocycles. The van der Waals surface area contributed by atoms with Gasteiger partial charge in [0.15, 0.2) is 0 Å². The van der Waals surface area contributed by atoms with Gasteiger partial charge in [0.1, 0.15) is 5.75 Å². The van der Waals surface area contributed by atoms with Gasteiger partial charge in [0.25, 0.3) is 0 Å². The number of hydrogen-bond donors (Lipinski definition) is 2. The Hall–Kier alpha value is -0.506. The Balaban J connectivity index is 0. The van der Waals surface area contributed by atoms with E-state index in [1.54, 1.807) is 31.2 Å². The van der Waals surface area contributed by atoms with Crippen molar-refractivity contribution in [2.45, 2.75) is 6.92 Å². The summed E-state index contributed by atoms with van der Waals surface area (Å²) in [5.74, 6) is 0.322. The van der Waals surface area contributed by atoms with Crippen LogP contribution in [0.15, 0.2) is 30.3 Å². The molecular formula is C8H12O3Ti. The zero-order chi connectivity index (χ0) is 9.82. The first kappa shape index (κ1) is 14.0. The molecule has 0 saturated carbocycles. The maximum absolute atomic E-state index is 8.63. The molecule has 0 aliphatic rings. The third-order valence-electron chi connectivity index (χ3n) is 0.756. The third kappa shape index (κ3) is 12.2. The molecule has 0 unspecified atom stereocenters. The molecule has 4 heteroatoms. The Kier molecular flexibility index (Phi) is 15.3. The summed E-state index contributed by atoms with van der Waals surface area (Å²) in [5.41, 5.74) is 0. The summed E-state index contributed by atoms with van der Waals surface area (Å²) in [6.07, 6.45) is 0. The first-order valence-electron chi connectivity index (χ1n) is 3.36. The molecule has 0 spiro atoms. The third-order valence-corrected chi connectivity index (χ3v) is 0.756. The fourth-order valence-electron chi connectivity index (χ4n) is 0.428. The summed E-state index contributed by atoms with van der Waals surface area (Å²) in [7, 11) is 0. The van der Waals surface area contributed by atoms with E-state index in [0.29, 0.717) is 5.75 Å². The van der Waals surface area contributed by atoms with Gasteiger partial charge in [0.05, 0.1) is 0 Å². The molecule has 12 heavy (non-hydrogen) atoms. The van der Waals surface area contributed by atoms with Gasteiger partial charge in [-0.05, 0) is 19.1 Å². The number of hydrogen-bond acceptors (Lipinski definition) is 3. The molecule has 0 heterocycles. The molecule has 0 atom stereocenters. The van der Waals surface area contributed by atoms with Crippen molar-refractivity contribution >= 4 is 0 Å². The average Bonchev–Trinajstić information content (AvgIpc) is 2.11. The quantitative estimate of drug-likeness (QED) is 0.625. The van der Waals surface area contributed by atoms with Crippen LogP contribution in [0.1, 0.15) is 6.92 Å². The van der Waals surface area contributed by atoms with Gasteiger partial charge in [-0.1, -0.05) is 18.2 Å². The fraction of sp³-hybridized carbons (Fsp3) is 0.250. The second-order valence-electron chi connectivity index (χ2n) is 1.65. The molecule has 1 aromatic carbocycles. The molecule has 0 radical (unpaired) electrons. The van der Waals surface area contributed by atoms with Crippen LogP contribution < -0.4 is 0 Å². The van der Waals surface area contributed by atoms with Crippen LogP contribution in [0.3, 0.4) is 0 Å². The van der Waals surface area contributed by atoms with E-state index in [1.807, 2.05) is 6.07 Å². The molecule has 66 valence electrons. The minimum absolute atomic E-state index is 0.250. The SMILES string of the molecule is CCO.Oc1ccccc1.[O]=[Ti]. The summed E-state index contributed by atoms with van der Waals surface area (Å²) in [5, 5.41) is 16.2. The van der Waals surface area contributed by atoms with E-state index in [1.165, 1.54) is 0 Å². The summed E-state index contributed by atoms with van der Waals surface area (Å²) in [6.45, 7) is 1.93. The van der Waals surface area contributed by atoms with E-state index in [-0.39, 0.29) is 6.61 Å². The Morgan fingerprint density at radius 2 is 1.58 bits per heavy atom. The number of aliphatic hydroxyl groups excluding tert-OH is 1. The van der Waals surface area contributed by atoms with Crippen molar-refractivity contribution in [2.75, 3.05) is 6.61 Å². The molecule has 2 N–H and O–H groups in total. The Labute approximate surface area is 83.8 Å². The molecule has 0 aliphatic carbocycles. The average molecular weight is 204 g/mol. The van der Waals surface area contributed by atoms with E-state index in [0.717, 1.165) is 20.4 Å². The van der Waals surface area contributed by atoms with Gasteiger partial charge in [0, 0.05) is 6.61 Å². The Morgan fingerprint density at radius 1 is 1.25 bits per heavy atom. The van der Waals surface area contributed by atoms with Gasteiger partial charge >= 0.3 is 23.7 Å². The summed E-state index contributed by atoms with van der Waals surface area (Å²) in [6, 6.07) is 8.71. The zero-order valence-corrected chi connectivity index (χ0v) is 8.46. The van der Waals surface area contributed by atoms with Gasteiger partial charge in [-0.2, -0.15) is 0 Å². The van der Waals surface area contributed by atoms with Gasteiger partial charge in [-0.15, -0.1) is 0 Å². The molecule has 0 saturated heterocycles. The standard InChI is InChI=1S/C6H6O.C2H6O.O.Ti/c7-6-4-2-1-3-5-6;1-2-3;;/h1-5,7H;3H,2H2,1H3;;. The number of phenols is 1. The van der Waals surface area contributed by atoms with Crippen LogP contribution in [0.25, 0.3) is 0 Å². The van der Waals surface area contributed by atoms with Crippen molar-refractivity contribution in [3.05, 3.63) is 30.3 Å². The Bertz CT molecular complexity index is 167. The molecule has 0 bridgehead atoms. The van der Waals surface area contributed by atoms with Crippen LogP contribution in [-0.2, 0) is 23.7 Å². The van der Waals surface area contributed by atoms with Gasteiger partial charge in [-0.3, -0.25) is 0 Å². The number of rotatable bonds is 0. The van der Waals surface area contributed by atoms with Crippen LogP contribution >= 0.6 is 0 Å². The normalized spacial score (nSPS) is 6.75. The van der Waals surface area contributed by atoms with Crippen molar-refractivity contribution in [1.29, 1.82) is 0 Å². The van der Waals surface area contributed by atoms with Crippen LogP contribution in [0.5, 0.6) is 5.75 Å². The molecule has 3 nitrogen and oxygen atoms in total. The molecule has 0 fully saturated rings. The van der Waals surface area contributed by atoms with Crippen molar-refractivity contribution in [3.63, 3.8) is 0 Å². The van der Waals surface area contributed by atoms with Crippen molar-refractivity contribution in [1.82, 2.24) is 0 Å². The number of aliphatic hydroxyl groups is 1. The first-order chi connectivity index (χ1) is 5.81. The second-order valence-corrected chi connectivity index (χ2v) is 1.65. The van der Waals surface area contributed by atoms with Crippen molar-refractivity contribution in [2.24, 2.45) is 0 Å². The van der Waals surface area contributed by atoms with E-state index in [4.69, 9.17) is 13.5 Å². The van der Waals surface area contributed by atoms with E-state index in [2.05, 4.69) is 0 Å². The van der Waals surface area contributed by atoms with Crippen LogP contribution in [0.4, 0.5) is 0 Å². The van der Waals surface area contributed by atoms with Gasteiger partial charge in [0.2, 0.25) is 0 Å². The van der Waals surface area contributed by atoms with Gasteiger partial charge < -0.3 is 10.2 Å². The second kappa shape index (κ2) is 13.1. The van der Waals surface area contributed by atoms with Crippen LogP contribution in [0.2, 0.25) is 0 Å².